The van der Waals surface area contributed by atoms with Gasteiger partial charge in [0, 0.05) is 18.7 Å². The van der Waals surface area contributed by atoms with Crippen molar-refractivity contribution >= 4 is 11.8 Å². The second-order valence-electron chi connectivity index (χ2n) is 4.23. The molecule has 2 heterocycles. The average molecular weight is 301 g/mol. The van der Waals surface area contributed by atoms with E-state index in [0.717, 1.165) is 12.5 Å². The lowest BCUT2D eigenvalue weighted by molar-refractivity contribution is -0.141. The molecule has 0 amide bonds. The van der Waals surface area contributed by atoms with E-state index in [9.17, 15) is 13.2 Å². The number of aromatic nitrogens is 3. The molecule has 6 nitrogen and oxygen atoms in total. The molecule has 0 spiro atoms. The number of rotatable bonds is 6. The Kier molecular flexibility index (Phi) is 4.61. The SMILES string of the molecule is CCCNc1nc(NCc2ccon2)cc(C(F)(F)F)n1. The summed E-state index contributed by atoms with van der Waals surface area (Å²) in [6.45, 7) is 2.59. The summed E-state index contributed by atoms with van der Waals surface area (Å²) in [6, 6.07) is 2.46. The lowest BCUT2D eigenvalue weighted by atomic mass is 10.3. The maximum atomic E-state index is 12.8. The Morgan fingerprint density at radius 2 is 2.05 bits per heavy atom. The molecule has 2 N–H and O–H groups in total. The van der Waals surface area contributed by atoms with Gasteiger partial charge in [0.15, 0.2) is 5.69 Å². The molecule has 0 saturated heterocycles. The Labute approximate surface area is 118 Å². The van der Waals surface area contributed by atoms with E-state index >= 15 is 0 Å². The van der Waals surface area contributed by atoms with Crippen molar-refractivity contribution in [1.82, 2.24) is 15.1 Å². The van der Waals surface area contributed by atoms with Crippen molar-refractivity contribution in [2.24, 2.45) is 0 Å². The third-order valence-electron chi connectivity index (χ3n) is 2.49. The van der Waals surface area contributed by atoms with Crippen LogP contribution in [0.1, 0.15) is 24.7 Å². The van der Waals surface area contributed by atoms with E-state index in [-0.39, 0.29) is 18.3 Å². The van der Waals surface area contributed by atoms with Crippen LogP contribution in [0.25, 0.3) is 0 Å². The second-order valence-corrected chi connectivity index (χ2v) is 4.23. The van der Waals surface area contributed by atoms with Crippen LogP contribution in [0.5, 0.6) is 0 Å². The van der Waals surface area contributed by atoms with E-state index < -0.39 is 11.9 Å². The smallest absolute Gasteiger partial charge is 0.364 e. The number of halogens is 3. The van der Waals surface area contributed by atoms with Crippen LogP contribution >= 0.6 is 0 Å². The highest BCUT2D eigenvalue weighted by Gasteiger charge is 2.33. The summed E-state index contributed by atoms with van der Waals surface area (Å²) in [6.07, 6.45) is -2.40. The van der Waals surface area contributed by atoms with Crippen molar-refractivity contribution < 1.29 is 17.7 Å². The molecule has 0 aliphatic carbocycles. The van der Waals surface area contributed by atoms with Gasteiger partial charge < -0.3 is 15.2 Å². The van der Waals surface area contributed by atoms with Crippen molar-refractivity contribution in [3.05, 3.63) is 29.8 Å². The standard InChI is InChI=1S/C12H14F3N5O/c1-2-4-16-11-18-9(12(13,14)15)6-10(19-11)17-7-8-3-5-21-20-8/h3,5-6H,2,4,7H2,1H3,(H2,16,17,18,19). The van der Waals surface area contributed by atoms with Crippen LogP contribution < -0.4 is 10.6 Å². The first-order valence-corrected chi connectivity index (χ1v) is 6.32. The van der Waals surface area contributed by atoms with Crippen molar-refractivity contribution in [3.63, 3.8) is 0 Å². The fourth-order valence-electron chi connectivity index (χ4n) is 1.51. The summed E-state index contributed by atoms with van der Waals surface area (Å²) in [4.78, 5) is 7.46. The fraction of sp³-hybridized carbons (Fsp3) is 0.417. The van der Waals surface area contributed by atoms with E-state index in [2.05, 4.69) is 30.3 Å². The molecule has 0 atom stereocenters. The lowest BCUT2D eigenvalue weighted by Crippen LogP contribution is -2.14. The molecule has 0 aromatic carbocycles. The molecule has 0 fully saturated rings. The molecule has 2 aromatic heterocycles. The highest BCUT2D eigenvalue weighted by Crippen LogP contribution is 2.29. The minimum Gasteiger partial charge on any atom is -0.364 e. The minimum absolute atomic E-state index is 0.0608. The Morgan fingerprint density at radius 3 is 2.67 bits per heavy atom. The van der Waals surface area contributed by atoms with Crippen LogP contribution in [0.4, 0.5) is 24.9 Å². The monoisotopic (exact) mass is 301 g/mol. The zero-order valence-electron chi connectivity index (χ0n) is 11.2. The van der Waals surface area contributed by atoms with Gasteiger partial charge in [0.1, 0.15) is 17.8 Å². The largest absolute Gasteiger partial charge is 0.433 e. The van der Waals surface area contributed by atoms with Crippen LogP contribution in [0.3, 0.4) is 0 Å². The predicted molar refractivity (Wildman–Crippen MR) is 69.6 cm³/mol. The van der Waals surface area contributed by atoms with Crippen LogP contribution in [0.15, 0.2) is 22.9 Å². The Hall–Kier alpha value is -2.32. The van der Waals surface area contributed by atoms with Crippen molar-refractivity contribution in [3.8, 4) is 0 Å². The summed E-state index contributed by atoms with van der Waals surface area (Å²) in [5, 5.41) is 9.16. The molecule has 2 rings (SSSR count). The maximum Gasteiger partial charge on any atom is 0.433 e. The van der Waals surface area contributed by atoms with Crippen molar-refractivity contribution in [2.75, 3.05) is 17.2 Å². The average Bonchev–Trinajstić information content (AvgIpc) is 2.95. The minimum atomic E-state index is -4.53. The fourth-order valence-corrected chi connectivity index (χ4v) is 1.51. The van der Waals surface area contributed by atoms with Crippen LogP contribution in [-0.2, 0) is 12.7 Å². The zero-order valence-corrected chi connectivity index (χ0v) is 11.2. The zero-order chi connectivity index (χ0) is 15.3. The first-order valence-electron chi connectivity index (χ1n) is 6.32. The number of alkyl halides is 3. The molecule has 0 saturated carbocycles. The maximum absolute atomic E-state index is 12.8. The van der Waals surface area contributed by atoms with Gasteiger partial charge in [-0.25, -0.2) is 4.98 Å². The third-order valence-corrected chi connectivity index (χ3v) is 2.49. The molecule has 0 aliphatic rings. The number of hydrogen-bond donors (Lipinski definition) is 2. The molecule has 0 radical (unpaired) electrons. The van der Waals surface area contributed by atoms with E-state index in [1.54, 1.807) is 6.07 Å². The number of anilines is 2. The molecular formula is C12H14F3N5O. The van der Waals surface area contributed by atoms with E-state index in [1.165, 1.54) is 6.26 Å². The summed E-state index contributed by atoms with van der Waals surface area (Å²) >= 11 is 0. The highest BCUT2D eigenvalue weighted by molar-refractivity contribution is 5.43. The van der Waals surface area contributed by atoms with Gasteiger partial charge in [-0.15, -0.1) is 0 Å². The van der Waals surface area contributed by atoms with Gasteiger partial charge in [-0.3, -0.25) is 0 Å². The van der Waals surface area contributed by atoms with E-state index in [0.29, 0.717) is 12.2 Å². The second kappa shape index (κ2) is 6.42. The predicted octanol–water partition coefficient (Wildman–Crippen LogP) is 2.92. The van der Waals surface area contributed by atoms with Gasteiger partial charge in [-0.2, -0.15) is 18.2 Å². The van der Waals surface area contributed by atoms with Crippen LogP contribution in [0.2, 0.25) is 0 Å². The Balaban J connectivity index is 2.17. The molecule has 21 heavy (non-hydrogen) atoms. The third kappa shape index (κ3) is 4.33. The Bertz CT molecular complexity index is 571. The number of nitrogens with zero attached hydrogens (tertiary/aromatic N) is 3. The lowest BCUT2D eigenvalue weighted by Gasteiger charge is -2.12. The van der Waals surface area contributed by atoms with Gasteiger partial charge in [-0.05, 0) is 6.42 Å². The number of hydrogen-bond acceptors (Lipinski definition) is 6. The first-order chi connectivity index (χ1) is 9.99. The molecule has 0 bridgehead atoms. The van der Waals surface area contributed by atoms with E-state index in [4.69, 9.17) is 0 Å². The molecule has 0 unspecified atom stereocenters. The summed E-state index contributed by atoms with van der Waals surface area (Å²) in [5.74, 6) is 0.00764. The summed E-state index contributed by atoms with van der Waals surface area (Å²) < 4.78 is 43.1. The Morgan fingerprint density at radius 1 is 1.24 bits per heavy atom. The topological polar surface area (TPSA) is 75.9 Å². The van der Waals surface area contributed by atoms with Gasteiger partial charge in [0.05, 0.1) is 6.54 Å². The van der Waals surface area contributed by atoms with E-state index in [1.807, 2.05) is 6.92 Å². The van der Waals surface area contributed by atoms with Gasteiger partial charge in [-0.1, -0.05) is 12.1 Å². The highest BCUT2D eigenvalue weighted by atomic mass is 19.4. The van der Waals surface area contributed by atoms with Crippen molar-refractivity contribution in [2.45, 2.75) is 26.1 Å². The quantitative estimate of drug-likeness (QED) is 0.854. The van der Waals surface area contributed by atoms with Gasteiger partial charge in [0.25, 0.3) is 0 Å². The molecule has 0 aliphatic heterocycles. The first kappa shape index (κ1) is 15.1. The molecule has 2 aromatic rings. The summed E-state index contributed by atoms with van der Waals surface area (Å²) in [5.41, 5.74) is -0.441. The number of nitrogens with one attached hydrogen (secondary N) is 2. The van der Waals surface area contributed by atoms with Crippen LogP contribution in [0, 0.1) is 0 Å². The normalized spacial score (nSPS) is 11.4. The van der Waals surface area contributed by atoms with Crippen LogP contribution in [-0.4, -0.2) is 21.7 Å². The molecular weight excluding hydrogens is 287 g/mol. The summed E-state index contributed by atoms with van der Waals surface area (Å²) in [7, 11) is 0. The molecule has 9 heteroatoms. The van der Waals surface area contributed by atoms with Crippen molar-refractivity contribution in [1.29, 1.82) is 0 Å². The van der Waals surface area contributed by atoms with Gasteiger partial charge in [0.2, 0.25) is 5.95 Å². The molecule has 114 valence electrons. The van der Waals surface area contributed by atoms with Gasteiger partial charge >= 0.3 is 6.18 Å².